The molecule has 0 aliphatic carbocycles. The van der Waals surface area contributed by atoms with Crippen molar-refractivity contribution < 1.29 is 14.2 Å². The van der Waals surface area contributed by atoms with E-state index in [0.29, 0.717) is 12.2 Å². The van der Waals surface area contributed by atoms with E-state index in [2.05, 4.69) is 20.6 Å². The van der Waals surface area contributed by atoms with Gasteiger partial charge >= 0.3 is 0 Å². The summed E-state index contributed by atoms with van der Waals surface area (Å²) in [6, 6.07) is 0. The molecule has 10 heteroatoms. The first-order valence-corrected chi connectivity index (χ1v) is 7.28. The Kier molecular flexibility index (Phi) is 5.26. The Morgan fingerprint density at radius 2 is 1.96 bits per heavy atom. The first-order chi connectivity index (χ1) is 10.7. The summed E-state index contributed by atoms with van der Waals surface area (Å²) in [5, 5.41) is 24.9. The fourth-order valence-corrected chi connectivity index (χ4v) is 1.90. The predicted molar refractivity (Wildman–Crippen MR) is 79.8 cm³/mol. The van der Waals surface area contributed by atoms with Crippen LogP contribution in [0.2, 0.25) is 0 Å². The molecule has 2 heterocycles. The lowest BCUT2D eigenvalue weighted by Crippen LogP contribution is -2.22. The highest BCUT2D eigenvalue weighted by atomic mass is 19.1. The maximum absolute atomic E-state index is 13.9. The molecule has 0 bridgehead atoms. The highest BCUT2D eigenvalue weighted by Gasteiger charge is 2.20. The van der Waals surface area contributed by atoms with E-state index in [4.69, 9.17) is 10.5 Å². The molecule has 0 amide bonds. The van der Waals surface area contributed by atoms with Crippen LogP contribution < -0.4 is 5.73 Å². The maximum atomic E-state index is 13.9. The fourth-order valence-electron chi connectivity index (χ4n) is 1.90. The van der Waals surface area contributed by atoms with Crippen LogP contribution in [0.15, 0.2) is 12.4 Å². The molecule has 0 aromatic carbocycles. The molecular weight excluding hydrogens is 305 g/mol. The monoisotopic (exact) mass is 327 g/mol. The number of hydrogen-bond donors (Lipinski definition) is 2. The summed E-state index contributed by atoms with van der Waals surface area (Å²) in [6.07, 6.45) is 0.943. The van der Waals surface area contributed by atoms with Gasteiger partial charge in [-0.1, -0.05) is 10.4 Å². The third-order valence-corrected chi connectivity index (χ3v) is 2.89. The molecule has 0 aliphatic rings. The van der Waals surface area contributed by atoms with Gasteiger partial charge in [-0.15, -0.1) is 10.2 Å². The summed E-state index contributed by atoms with van der Waals surface area (Å²) in [6.45, 7) is 5.86. The summed E-state index contributed by atoms with van der Waals surface area (Å²) in [4.78, 5) is 0. The molecule has 128 valence electrons. The lowest BCUT2D eigenvalue weighted by atomic mass is 10.2. The van der Waals surface area contributed by atoms with Crippen LogP contribution in [0.25, 0.3) is 0 Å². The average molecular weight is 327 g/mol. The van der Waals surface area contributed by atoms with Crippen molar-refractivity contribution in [3.05, 3.63) is 18.1 Å². The van der Waals surface area contributed by atoms with Gasteiger partial charge in [0.05, 0.1) is 24.5 Å². The largest absolute Gasteiger partial charge is 0.381 e. The molecule has 23 heavy (non-hydrogen) atoms. The zero-order valence-corrected chi connectivity index (χ0v) is 13.4. The third kappa shape index (κ3) is 5.57. The summed E-state index contributed by atoms with van der Waals surface area (Å²) in [5.74, 6) is 0.256. The highest BCUT2D eigenvalue weighted by molar-refractivity contribution is 5.19. The van der Waals surface area contributed by atoms with Crippen molar-refractivity contribution in [2.24, 2.45) is 0 Å². The Morgan fingerprint density at radius 3 is 2.57 bits per heavy atom. The van der Waals surface area contributed by atoms with Gasteiger partial charge in [-0.05, 0) is 20.8 Å². The Balaban J connectivity index is 1.82. The smallest absolute Gasteiger partial charge is 0.202 e. The van der Waals surface area contributed by atoms with E-state index in [1.807, 2.05) is 20.8 Å². The normalized spacial score (nSPS) is 14.8. The van der Waals surface area contributed by atoms with Crippen molar-refractivity contribution in [3.63, 3.8) is 0 Å². The molecule has 3 N–H and O–H groups in total. The second-order valence-corrected chi connectivity index (χ2v) is 6.24. The van der Waals surface area contributed by atoms with Gasteiger partial charge in [0.15, 0.2) is 5.82 Å². The summed E-state index contributed by atoms with van der Waals surface area (Å²) in [7, 11) is 0. The third-order valence-electron chi connectivity index (χ3n) is 2.89. The standard InChI is InChI=1S/C13H22FN7O2/c1-13(2,3)23-12(22)10-7-20(18-16-10)5-4-9(14)6-21-8-11(15)17-19-21/h7-9,12,22H,4-6,15H2,1-3H3. The van der Waals surface area contributed by atoms with Crippen LogP contribution in [0.3, 0.4) is 0 Å². The van der Waals surface area contributed by atoms with Gasteiger partial charge in [0.1, 0.15) is 11.9 Å². The number of nitrogens with zero attached hydrogens (tertiary/aromatic N) is 6. The number of aryl methyl sites for hydroxylation is 1. The minimum atomic E-state index is -1.16. The maximum Gasteiger partial charge on any atom is 0.202 e. The summed E-state index contributed by atoms with van der Waals surface area (Å²) < 4.78 is 22.1. The van der Waals surface area contributed by atoms with Crippen LogP contribution in [0.4, 0.5) is 10.2 Å². The number of rotatable bonds is 7. The van der Waals surface area contributed by atoms with Gasteiger partial charge in [-0.2, -0.15) is 0 Å². The van der Waals surface area contributed by atoms with Gasteiger partial charge in [0.25, 0.3) is 0 Å². The molecule has 0 spiro atoms. The Morgan fingerprint density at radius 1 is 1.26 bits per heavy atom. The van der Waals surface area contributed by atoms with Crippen LogP contribution in [-0.4, -0.2) is 46.9 Å². The fraction of sp³-hybridized carbons (Fsp3) is 0.692. The van der Waals surface area contributed by atoms with E-state index in [1.54, 1.807) is 0 Å². The molecule has 0 aliphatic heterocycles. The number of hydrogen-bond acceptors (Lipinski definition) is 7. The van der Waals surface area contributed by atoms with Crippen molar-refractivity contribution in [3.8, 4) is 0 Å². The van der Waals surface area contributed by atoms with E-state index >= 15 is 0 Å². The van der Waals surface area contributed by atoms with E-state index in [9.17, 15) is 9.50 Å². The molecule has 2 rings (SSSR count). The lowest BCUT2D eigenvalue weighted by molar-refractivity contribution is -0.171. The molecular formula is C13H22FN7O2. The molecule has 2 aromatic rings. The molecule has 2 aromatic heterocycles. The van der Waals surface area contributed by atoms with Gasteiger partial charge in [-0.25, -0.2) is 9.07 Å². The van der Waals surface area contributed by atoms with Gasteiger partial charge in [0.2, 0.25) is 6.29 Å². The van der Waals surface area contributed by atoms with Crippen LogP contribution in [0, 0.1) is 0 Å². The topological polar surface area (TPSA) is 117 Å². The number of nitrogens with two attached hydrogens (primary N) is 1. The van der Waals surface area contributed by atoms with Gasteiger partial charge in [0, 0.05) is 13.0 Å². The second kappa shape index (κ2) is 7.01. The second-order valence-electron chi connectivity index (χ2n) is 6.24. The van der Waals surface area contributed by atoms with Crippen molar-refractivity contribution in [2.75, 3.05) is 5.73 Å². The number of nitrogen functional groups attached to an aromatic ring is 1. The average Bonchev–Trinajstić information content (AvgIpc) is 3.04. The summed E-state index contributed by atoms with van der Waals surface area (Å²) >= 11 is 0. The number of aliphatic hydroxyl groups is 1. The molecule has 2 unspecified atom stereocenters. The van der Waals surface area contributed by atoms with E-state index in [-0.39, 0.29) is 18.8 Å². The first-order valence-electron chi connectivity index (χ1n) is 7.28. The predicted octanol–water partition coefficient (Wildman–Crippen LogP) is 0.686. The number of aliphatic hydroxyl groups excluding tert-OH is 1. The Labute approximate surface area is 133 Å². The molecule has 0 saturated heterocycles. The Hall–Kier alpha value is -2.07. The molecule has 0 fully saturated rings. The SMILES string of the molecule is CC(C)(C)OC(O)c1cn(CCC(F)Cn2cc(N)nn2)nn1. The van der Waals surface area contributed by atoms with E-state index < -0.39 is 18.1 Å². The van der Waals surface area contributed by atoms with Crippen LogP contribution in [-0.2, 0) is 17.8 Å². The van der Waals surface area contributed by atoms with Crippen molar-refractivity contribution in [2.45, 2.75) is 58.3 Å². The molecule has 2 atom stereocenters. The zero-order chi connectivity index (χ0) is 17.0. The van der Waals surface area contributed by atoms with Crippen LogP contribution in [0.5, 0.6) is 0 Å². The van der Waals surface area contributed by atoms with Crippen molar-refractivity contribution in [1.82, 2.24) is 30.0 Å². The van der Waals surface area contributed by atoms with Gasteiger partial charge < -0.3 is 15.6 Å². The van der Waals surface area contributed by atoms with Crippen LogP contribution in [0.1, 0.15) is 39.2 Å². The number of aromatic nitrogens is 6. The Bertz CT molecular complexity index is 622. The van der Waals surface area contributed by atoms with Crippen molar-refractivity contribution in [1.29, 1.82) is 0 Å². The minimum absolute atomic E-state index is 0.0709. The van der Waals surface area contributed by atoms with E-state index in [0.717, 1.165) is 0 Å². The number of anilines is 1. The zero-order valence-electron chi connectivity index (χ0n) is 13.4. The summed E-state index contributed by atoms with van der Waals surface area (Å²) in [5.41, 5.74) is 5.20. The van der Waals surface area contributed by atoms with Gasteiger partial charge in [-0.3, -0.25) is 4.68 Å². The lowest BCUT2D eigenvalue weighted by Gasteiger charge is -2.22. The molecule has 0 saturated carbocycles. The van der Waals surface area contributed by atoms with E-state index in [1.165, 1.54) is 21.8 Å². The van der Waals surface area contributed by atoms with Crippen molar-refractivity contribution >= 4 is 5.82 Å². The number of ether oxygens (including phenoxy) is 1. The quantitative estimate of drug-likeness (QED) is 0.718. The highest BCUT2D eigenvalue weighted by Crippen LogP contribution is 2.19. The molecule has 9 nitrogen and oxygen atoms in total. The molecule has 0 radical (unpaired) electrons. The van der Waals surface area contributed by atoms with Crippen LogP contribution >= 0.6 is 0 Å². The number of alkyl halides is 1. The first kappa shape index (κ1) is 17.3. The minimum Gasteiger partial charge on any atom is -0.381 e. The number of halogens is 1.